The second kappa shape index (κ2) is 16.7. The molecule has 1 saturated carbocycles. The number of nitrogens with one attached hydrogen (secondary N) is 1. The molecule has 0 radical (unpaired) electrons. The molecule has 3 aromatic heterocycles. The minimum absolute atomic E-state index is 0.0611. The van der Waals surface area contributed by atoms with Gasteiger partial charge in [-0.15, -0.1) is 0 Å². The van der Waals surface area contributed by atoms with Crippen LogP contribution in [-0.2, 0) is 29.0 Å². The number of aromatic nitrogens is 5. The van der Waals surface area contributed by atoms with E-state index in [-0.39, 0.29) is 41.8 Å². The molecule has 330 valence electrons. The quantitative estimate of drug-likeness (QED) is 0.212. The van der Waals surface area contributed by atoms with Crippen molar-refractivity contribution in [2.75, 3.05) is 49.1 Å². The molecular formula is C47H56ClN11O4. The van der Waals surface area contributed by atoms with E-state index in [1.54, 1.807) is 37.5 Å². The number of aryl methyl sites for hydroxylation is 1. The number of ether oxygens (including phenoxy) is 1. The zero-order valence-electron chi connectivity index (χ0n) is 36.8. The minimum Gasteiger partial charge on any atom is -0.489 e. The highest BCUT2D eigenvalue weighted by molar-refractivity contribution is 6.31. The Morgan fingerprint density at radius 3 is 2.32 bits per heavy atom. The molecule has 0 bridgehead atoms. The van der Waals surface area contributed by atoms with Gasteiger partial charge in [0.1, 0.15) is 17.9 Å². The highest BCUT2D eigenvalue weighted by atomic mass is 35.5. The normalized spacial score (nSPS) is 22.0. The highest BCUT2D eigenvalue weighted by Gasteiger charge is 2.64. The second-order valence-electron chi connectivity index (χ2n) is 19.0. The Balaban J connectivity index is 0.781. The van der Waals surface area contributed by atoms with E-state index in [2.05, 4.69) is 74.6 Å². The number of halogens is 1. The number of nitrogens with zero attached hydrogens (tertiary/aromatic N) is 10. The average molecular weight is 874 g/mol. The fourth-order valence-electron chi connectivity index (χ4n) is 11.2. The molecule has 4 aromatic rings. The molecule has 0 unspecified atom stereocenters. The molecule has 5 aliphatic rings. The Labute approximate surface area is 373 Å². The molecule has 9 rings (SSSR count). The lowest BCUT2D eigenvalue weighted by molar-refractivity contribution is -0.164. The maximum atomic E-state index is 13.9. The first-order valence-corrected chi connectivity index (χ1v) is 22.7. The predicted octanol–water partition coefficient (Wildman–Crippen LogP) is 6.27. The molecule has 1 N–H and O–H groups in total. The molecule has 1 aromatic carbocycles. The van der Waals surface area contributed by atoms with Crippen molar-refractivity contribution >= 4 is 46.8 Å². The topological polar surface area (TPSA) is 166 Å². The molecule has 4 aliphatic heterocycles. The summed E-state index contributed by atoms with van der Waals surface area (Å²) in [5.41, 5.74) is 4.69. The highest BCUT2D eigenvalue weighted by Crippen LogP contribution is 2.55. The van der Waals surface area contributed by atoms with Crippen molar-refractivity contribution in [1.82, 2.24) is 39.8 Å². The zero-order valence-corrected chi connectivity index (χ0v) is 37.6. The Kier molecular flexibility index (Phi) is 11.3. The zero-order chi connectivity index (χ0) is 44.2. The molecule has 1 aliphatic carbocycles. The molecule has 15 nitrogen and oxygen atoms in total. The fourth-order valence-corrected chi connectivity index (χ4v) is 11.4. The molecule has 63 heavy (non-hydrogen) atoms. The molecule has 3 amide bonds. The first-order valence-electron chi connectivity index (χ1n) is 22.3. The van der Waals surface area contributed by atoms with Crippen molar-refractivity contribution in [3.05, 3.63) is 82.0 Å². The van der Waals surface area contributed by atoms with Crippen LogP contribution in [0.3, 0.4) is 0 Å². The largest absolute Gasteiger partial charge is 0.489 e. The Hall–Kier alpha value is -5.75. The van der Waals surface area contributed by atoms with E-state index in [9.17, 15) is 19.6 Å². The number of hydrogen-bond acceptors (Lipinski definition) is 11. The van der Waals surface area contributed by atoms with E-state index in [4.69, 9.17) is 21.4 Å². The summed E-state index contributed by atoms with van der Waals surface area (Å²) in [6.07, 6.45) is 12.6. The van der Waals surface area contributed by atoms with Crippen molar-refractivity contribution in [1.29, 1.82) is 5.26 Å². The Morgan fingerprint density at radius 1 is 0.905 bits per heavy atom. The molecule has 0 spiro atoms. The SMILES string of the molecule is CC(=O)N1CCc2c(c(N3CCCc4cnccc43)nn2C2CCN(C(=O)C3CCN(c4ncc(C(=O)NC5C(C)(C)C(Oc6ccc(C#N)c(Cl)c6)C5(C)C)cn4)CC3)CC2)C1. The summed E-state index contributed by atoms with van der Waals surface area (Å²) in [7, 11) is 0. The molecule has 2 saturated heterocycles. The van der Waals surface area contributed by atoms with Crippen LogP contribution >= 0.6 is 11.6 Å². The van der Waals surface area contributed by atoms with Gasteiger partial charge in [-0.05, 0) is 62.3 Å². The smallest absolute Gasteiger partial charge is 0.254 e. The van der Waals surface area contributed by atoms with Gasteiger partial charge in [-0.2, -0.15) is 10.4 Å². The molecule has 7 heterocycles. The van der Waals surface area contributed by atoms with Gasteiger partial charge in [0, 0.05) is 123 Å². The van der Waals surface area contributed by atoms with E-state index in [0.29, 0.717) is 80.0 Å². The van der Waals surface area contributed by atoms with Gasteiger partial charge in [-0.3, -0.25) is 24.0 Å². The summed E-state index contributed by atoms with van der Waals surface area (Å²) in [5.74, 6) is 2.07. The maximum Gasteiger partial charge on any atom is 0.254 e. The lowest BCUT2D eigenvalue weighted by atomic mass is 9.49. The third kappa shape index (κ3) is 7.85. The third-order valence-corrected chi connectivity index (χ3v) is 14.7. The fraction of sp³-hybridized carbons (Fsp3) is 0.532. The van der Waals surface area contributed by atoms with Gasteiger partial charge in [-0.1, -0.05) is 39.3 Å². The summed E-state index contributed by atoms with van der Waals surface area (Å²) in [6, 6.07) is 9.19. The van der Waals surface area contributed by atoms with E-state index in [1.807, 2.05) is 22.2 Å². The van der Waals surface area contributed by atoms with Gasteiger partial charge >= 0.3 is 0 Å². The van der Waals surface area contributed by atoms with E-state index < -0.39 is 10.8 Å². The number of pyridine rings is 1. The van der Waals surface area contributed by atoms with Crippen LogP contribution in [0.5, 0.6) is 5.75 Å². The number of amides is 3. The summed E-state index contributed by atoms with van der Waals surface area (Å²) < 4.78 is 8.62. The first kappa shape index (κ1) is 42.5. The van der Waals surface area contributed by atoms with Crippen LogP contribution in [0.15, 0.2) is 49.1 Å². The van der Waals surface area contributed by atoms with Gasteiger partial charge in [0.25, 0.3) is 5.91 Å². The summed E-state index contributed by atoms with van der Waals surface area (Å²) in [5, 5.41) is 18.1. The van der Waals surface area contributed by atoms with Gasteiger partial charge in [-0.25, -0.2) is 9.97 Å². The number of hydrogen-bond donors (Lipinski definition) is 1. The number of carbonyl (C=O) groups excluding carboxylic acids is 3. The number of anilines is 3. The second-order valence-corrected chi connectivity index (χ2v) is 19.4. The van der Waals surface area contributed by atoms with Crippen molar-refractivity contribution in [2.45, 2.75) is 104 Å². The average Bonchev–Trinajstić information content (AvgIpc) is 3.68. The van der Waals surface area contributed by atoms with Crippen molar-refractivity contribution in [2.24, 2.45) is 16.7 Å². The summed E-state index contributed by atoms with van der Waals surface area (Å²) >= 11 is 6.26. The maximum absolute atomic E-state index is 13.9. The van der Waals surface area contributed by atoms with Crippen LogP contribution in [0.2, 0.25) is 5.02 Å². The van der Waals surface area contributed by atoms with Crippen LogP contribution in [0, 0.1) is 28.1 Å². The first-order chi connectivity index (χ1) is 30.2. The molecule has 16 heteroatoms. The van der Waals surface area contributed by atoms with Crippen LogP contribution in [0.1, 0.15) is 106 Å². The number of nitriles is 1. The number of fused-ring (bicyclic) bond motifs is 2. The Morgan fingerprint density at radius 2 is 1.63 bits per heavy atom. The third-order valence-electron chi connectivity index (χ3n) is 14.3. The van der Waals surface area contributed by atoms with Crippen LogP contribution < -0.4 is 19.9 Å². The minimum atomic E-state index is -0.402. The standard InChI is InChI=1S/C47H56ClN11O4/c1-29(60)57-22-15-39-36(28-57)40(58-17-6-7-32-25-50-16-10-38(32)58)54-59(39)34-13-20-55(21-14-34)42(62)30-11-18-56(19-12-30)45-51-26-33(27-52-45)41(61)53-43-46(2,3)44(47(43,4)5)63-35-9-8-31(24-49)37(48)23-35/h8-10,16,23,25-27,30,34,43-44H,6-7,11-15,17-22,28H2,1-5H3,(H,53,61). The number of piperidine rings is 2. The van der Waals surface area contributed by atoms with Crippen molar-refractivity contribution in [3.63, 3.8) is 0 Å². The lowest BCUT2D eigenvalue weighted by Gasteiger charge is -2.63. The summed E-state index contributed by atoms with van der Waals surface area (Å²) in [6.45, 7) is 14.7. The van der Waals surface area contributed by atoms with Gasteiger partial charge in [0.2, 0.25) is 17.8 Å². The number of rotatable bonds is 8. The molecule has 3 fully saturated rings. The molecular weight excluding hydrogens is 818 g/mol. The van der Waals surface area contributed by atoms with E-state index >= 15 is 0 Å². The van der Waals surface area contributed by atoms with Crippen LogP contribution in [0.25, 0.3) is 0 Å². The van der Waals surface area contributed by atoms with Crippen molar-refractivity contribution < 1.29 is 19.1 Å². The summed E-state index contributed by atoms with van der Waals surface area (Å²) in [4.78, 5) is 61.9. The number of benzene rings is 1. The van der Waals surface area contributed by atoms with E-state index in [0.717, 1.165) is 55.7 Å². The predicted molar refractivity (Wildman–Crippen MR) is 238 cm³/mol. The number of carbonyl (C=O) groups is 3. The van der Waals surface area contributed by atoms with Crippen molar-refractivity contribution in [3.8, 4) is 11.8 Å². The lowest BCUT2D eigenvalue weighted by Crippen LogP contribution is -2.74. The molecule has 0 atom stereocenters. The van der Waals surface area contributed by atoms with Gasteiger partial charge < -0.3 is 29.7 Å². The van der Waals surface area contributed by atoms with Gasteiger partial charge in [0.05, 0.1) is 28.7 Å². The van der Waals surface area contributed by atoms with Gasteiger partial charge in [0.15, 0.2) is 5.82 Å². The Bertz CT molecular complexity index is 2430. The monoisotopic (exact) mass is 873 g/mol. The number of likely N-dealkylation sites (tertiary alicyclic amines) is 1. The van der Waals surface area contributed by atoms with E-state index in [1.165, 1.54) is 11.3 Å². The van der Waals surface area contributed by atoms with Crippen LogP contribution in [-0.4, -0.2) is 104 Å². The van der Waals surface area contributed by atoms with Crippen LogP contribution in [0.4, 0.5) is 17.5 Å².